The Morgan fingerprint density at radius 1 is 0.300 bits per heavy atom. The smallest absolute Gasteiger partial charge is 0.306 e. The van der Waals surface area contributed by atoms with E-state index >= 15 is 0 Å². The summed E-state index contributed by atoms with van der Waals surface area (Å²) < 4.78 is 16.9. The number of rotatable bonds is 58. The minimum absolute atomic E-state index is 0.0621. The molecule has 0 aliphatic heterocycles. The molecule has 0 fully saturated rings. The topological polar surface area (TPSA) is 78.9 Å². The molecule has 0 spiro atoms. The number of carbonyl (C=O) groups excluding carboxylic acids is 3. The molecular weight excluding hydrogens is 865 g/mol. The first-order valence-corrected chi connectivity index (χ1v) is 31.8. The van der Waals surface area contributed by atoms with Gasteiger partial charge in [0.25, 0.3) is 0 Å². The van der Waals surface area contributed by atoms with E-state index < -0.39 is 6.10 Å². The molecule has 6 heteroatoms. The summed E-state index contributed by atoms with van der Waals surface area (Å²) in [5.41, 5.74) is 0. The quantitative estimate of drug-likeness (QED) is 0.0343. The molecule has 416 valence electrons. The SMILES string of the molecule is CCCCCCCCCCCC(=O)OC[C@@H](COC(=O)CCCCCCCCCCCCCCCCCCCCC(C)CC)OC(=O)CCCCCCCCCCCCCCCCCCCCC(C)C. The van der Waals surface area contributed by atoms with Crippen LogP contribution >= 0.6 is 0 Å². The number of ether oxygens (including phenoxy) is 3. The number of carbonyl (C=O) groups is 3. The van der Waals surface area contributed by atoms with Crippen LogP contribution in [0.1, 0.15) is 362 Å². The van der Waals surface area contributed by atoms with Crippen molar-refractivity contribution in [3.05, 3.63) is 0 Å². The molecule has 0 aliphatic carbocycles. The fourth-order valence-corrected chi connectivity index (χ4v) is 9.90. The highest BCUT2D eigenvalue weighted by molar-refractivity contribution is 5.71. The summed E-state index contributed by atoms with van der Waals surface area (Å²) in [6.07, 6.45) is 62.5. The second-order valence-corrected chi connectivity index (χ2v) is 22.8. The summed E-state index contributed by atoms with van der Waals surface area (Å²) in [6, 6.07) is 0. The van der Waals surface area contributed by atoms with E-state index in [0.29, 0.717) is 19.3 Å². The Labute approximate surface area is 438 Å². The zero-order valence-electron chi connectivity index (χ0n) is 48.2. The molecule has 0 aromatic carbocycles. The molecule has 0 saturated carbocycles. The van der Waals surface area contributed by atoms with Gasteiger partial charge in [-0.1, -0.05) is 324 Å². The molecule has 0 heterocycles. The van der Waals surface area contributed by atoms with Crippen LogP contribution in [0.15, 0.2) is 0 Å². The van der Waals surface area contributed by atoms with Crippen LogP contribution in [0.5, 0.6) is 0 Å². The van der Waals surface area contributed by atoms with Crippen molar-refractivity contribution in [2.24, 2.45) is 11.8 Å². The second-order valence-electron chi connectivity index (χ2n) is 22.8. The van der Waals surface area contributed by atoms with Crippen molar-refractivity contribution >= 4 is 17.9 Å². The van der Waals surface area contributed by atoms with Crippen molar-refractivity contribution in [2.45, 2.75) is 368 Å². The van der Waals surface area contributed by atoms with Crippen molar-refractivity contribution in [1.82, 2.24) is 0 Å². The van der Waals surface area contributed by atoms with Gasteiger partial charge in [-0.15, -0.1) is 0 Å². The first-order chi connectivity index (χ1) is 34.3. The van der Waals surface area contributed by atoms with Gasteiger partial charge in [0, 0.05) is 19.3 Å². The lowest BCUT2D eigenvalue weighted by Crippen LogP contribution is -2.30. The van der Waals surface area contributed by atoms with E-state index in [4.69, 9.17) is 14.2 Å². The Morgan fingerprint density at radius 2 is 0.543 bits per heavy atom. The molecule has 6 nitrogen and oxygen atoms in total. The zero-order valence-corrected chi connectivity index (χ0v) is 48.2. The van der Waals surface area contributed by atoms with E-state index in [2.05, 4.69) is 34.6 Å². The van der Waals surface area contributed by atoms with Crippen LogP contribution in [0.25, 0.3) is 0 Å². The fourth-order valence-electron chi connectivity index (χ4n) is 9.90. The third-order valence-corrected chi connectivity index (χ3v) is 15.1. The van der Waals surface area contributed by atoms with Crippen molar-refractivity contribution in [3.8, 4) is 0 Å². The Morgan fingerprint density at radius 3 is 0.814 bits per heavy atom. The van der Waals surface area contributed by atoms with E-state index in [1.54, 1.807) is 0 Å². The van der Waals surface area contributed by atoms with Gasteiger partial charge < -0.3 is 14.2 Å². The van der Waals surface area contributed by atoms with E-state index in [-0.39, 0.29) is 31.1 Å². The largest absolute Gasteiger partial charge is 0.462 e. The zero-order chi connectivity index (χ0) is 51.1. The predicted molar refractivity (Wildman–Crippen MR) is 303 cm³/mol. The van der Waals surface area contributed by atoms with Crippen LogP contribution in [0.2, 0.25) is 0 Å². The molecule has 0 radical (unpaired) electrons. The molecule has 70 heavy (non-hydrogen) atoms. The van der Waals surface area contributed by atoms with Crippen molar-refractivity contribution in [2.75, 3.05) is 13.2 Å². The van der Waals surface area contributed by atoms with Gasteiger partial charge in [-0.3, -0.25) is 14.4 Å². The second kappa shape index (κ2) is 56.7. The van der Waals surface area contributed by atoms with Crippen LogP contribution in [-0.2, 0) is 28.6 Å². The van der Waals surface area contributed by atoms with Crippen molar-refractivity contribution in [1.29, 1.82) is 0 Å². The number of unbranched alkanes of at least 4 members (excludes halogenated alkanes) is 42. The van der Waals surface area contributed by atoms with Crippen LogP contribution in [-0.4, -0.2) is 37.2 Å². The van der Waals surface area contributed by atoms with Gasteiger partial charge in [0.05, 0.1) is 0 Å². The molecule has 0 saturated heterocycles. The van der Waals surface area contributed by atoms with Crippen LogP contribution in [0.4, 0.5) is 0 Å². The Kier molecular flexibility index (Phi) is 55.4. The predicted octanol–water partition coefficient (Wildman–Crippen LogP) is 21.2. The lowest BCUT2D eigenvalue weighted by molar-refractivity contribution is -0.167. The summed E-state index contributed by atoms with van der Waals surface area (Å²) in [7, 11) is 0. The highest BCUT2D eigenvalue weighted by Crippen LogP contribution is 2.19. The normalized spacial score (nSPS) is 12.4. The maximum atomic E-state index is 12.9. The van der Waals surface area contributed by atoms with Crippen LogP contribution in [0.3, 0.4) is 0 Å². The highest BCUT2D eigenvalue weighted by Gasteiger charge is 2.19. The molecule has 0 aromatic rings. The monoisotopic (exact) mass is 989 g/mol. The summed E-state index contributed by atoms with van der Waals surface area (Å²) in [5.74, 6) is 0.932. The van der Waals surface area contributed by atoms with E-state index in [1.807, 2.05) is 0 Å². The molecule has 0 amide bonds. The van der Waals surface area contributed by atoms with Crippen LogP contribution in [0, 0.1) is 11.8 Å². The average Bonchev–Trinajstić information content (AvgIpc) is 3.35. The molecular formula is C64H124O6. The molecule has 1 unspecified atom stereocenters. The number of esters is 3. The standard InChI is InChI=1S/C64H124O6/c1-6-8-9-10-11-32-39-44-49-54-62(65)68-57-61(70-64(67)56-51-46-41-36-31-27-23-19-14-12-16-20-24-28-33-37-42-47-52-59(3)4)58-69-63(66)55-50-45-40-35-30-26-22-18-15-13-17-21-25-29-34-38-43-48-53-60(5)7-2/h59-61H,6-58H2,1-5H3/t60?,61-/m0/s1. The molecule has 2 atom stereocenters. The Balaban J connectivity index is 4.15. The van der Waals surface area contributed by atoms with Gasteiger partial charge in [0.2, 0.25) is 0 Å². The van der Waals surface area contributed by atoms with Gasteiger partial charge in [0.15, 0.2) is 6.10 Å². The van der Waals surface area contributed by atoms with Gasteiger partial charge in [-0.05, 0) is 31.1 Å². The van der Waals surface area contributed by atoms with E-state index in [1.165, 1.54) is 250 Å². The number of hydrogen-bond acceptors (Lipinski definition) is 6. The lowest BCUT2D eigenvalue weighted by Gasteiger charge is -2.18. The minimum atomic E-state index is -0.762. The summed E-state index contributed by atoms with van der Waals surface area (Å²) in [4.78, 5) is 38.2. The van der Waals surface area contributed by atoms with Gasteiger partial charge in [0.1, 0.15) is 13.2 Å². The molecule has 0 aromatic heterocycles. The number of hydrogen-bond donors (Lipinski definition) is 0. The maximum Gasteiger partial charge on any atom is 0.306 e. The Bertz CT molecular complexity index is 1070. The molecule has 0 N–H and O–H groups in total. The Hall–Kier alpha value is -1.59. The van der Waals surface area contributed by atoms with E-state index in [9.17, 15) is 14.4 Å². The molecule has 0 aliphatic rings. The third-order valence-electron chi connectivity index (χ3n) is 15.1. The third kappa shape index (κ3) is 55.7. The first-order valence-electron chi connectivity index (χ1n) is 31.8. The van der Waals surface area contributed by atoms with Gasteiger partial charge >= 0.3 is 17.9 Å². The fraction of sp³-hybridized carbons (Fsp3) is 0.953. The highest BCUT2D eigenvalue weighted by atomic mass is 16.6. The lowest BCUT2D eigenvalue weighted by atomic mass is 9.99. The van der Waals surface area contributed by atoms with Gasteiger partial charge in [-0.2, -0.15) is 0 Å². The molecule has 0 rings (SSSR count). The van der Waals surface area contributed by atoms with Crippen LogP contribution < -0.4 is 0 Å². The first kappa shape index (κ1) is 68.4. The summed E-state index contributed by atoms with van der Waals surface area (Å²) >= 11 is 0. The summed E-state index contributed by atoms with van der Waals surface area (Å²) in [5, 5.41) is 0. The maximum absolute atomic E-state index is 12.9. The summed E-state index contributed by atoms with van der Waals surface area (Å²) in [6.45, 7) is 11.5. The molecule has 0 bridgehead atoms. The van der Waals surface area contributed by atoms with Crippen molar-refractivity contribution in [3.63, 3.8) is 0 Å². The average molecular weight is 990 g/mol. The van der Waals surface area contributed by atoms with E-state index in [0.717, 1.165) is 69.6 Å². The van der Waals surface area contributed by atoms with Gasteiger partial charge in [-0.25, -0.2) is 0 Å². The van der Waals surface area contributed by atoms with Crippen molar-refractivity contribution < 1.29 is 28.6 Å². The minimum Gasteiger partial charge on any atom is -0.462 e.